The van der Waals surface area contributed by atoms with E-state index in [1.807, 2.05) is 30.3 Å². The van der Waals surface area contributed by atoms with Crippen molar-refractivity contribution in [2.24, 2.45) is 0 Å². The molecule has 0 N–H and O–H groups in total. The monoisotopic (exact) mass is 312 g/mol. The topological polar surface area (TPSA) is 34.1 Å². The molecule has 0 aliphatic carbocycles. The van der Waals surface area contributed by atoms with Crippen molar-refractivity contribution >= 4 is 39.3 Å². The fraction of sp³-hybridized carbons (Fsp3) is 0.231. The van der Waals surface area contributed by atoms with Crippen LogP contribution in [0.4, 0.5) is 0 Å². The lowest BCUT2D eigenvalue weighted by Crippen LogP contribution is -2.01. The van der Waals surface area contributed by atoms with Crippen molar-refractivity contribution in [3.63, 3.8) is 0 Å². The molecular formula is C13H13BrO2S. The average Bonchev–Trinajstić information content (AvgIpc) is 2.29. The second-order valence-corrected chi connectivity index (χ2v) is 5.31. The van der Waals surface area contributed by atoms with E-state index in [0.29, 0.717) is 15.1 Å². The van der Waals surface area contributed by atoms with Crippen LogP contribution in [0.25, 0.3) is 0 Å². The number of hydrogen-bond acceptors (Lipinski definition) is 3. The van der Waals surface area contributed by atoms with E-state index in [2.05, 4.69) is 15.9 Å². The van der Waals surface area contributed by atoms with E-state index in [1.54, 1.807) is 0 Å². The van der Waals surface area contributed by atoms with E-state index >= 15 is 0 Å². The number of halogens is 1. The van der Waals surface area contributed by atoms with Crippen LogP contribution < -0.4 is 0 Å². The van der Waals surface area contributed by atoms with E-state index < -0.39 is 0 Å². The molecule has 1 aromatic carbocycles. The van der Waals surface area contributed by atoms with Gasteiger partial charge in [0.25, 0.3) is 0 Å². The van der Waals surface area contributed by atoms with Crippen molar-refractivity contribution in [1.29, 1.82) is 0 Å². The summed E-state index contributed by atoms with van der Waals surface area (Å²) in [6.07, 6.45) is 0. The molecule has 0 aromatic heterocycles. The molecule has 2 nitrogen and oxygen atoms in total. The normalized spacial score (nSPS) is 11.9. The summed E-state index contributed by atoms with van der Waals surface area (Å²) >= 11 is 4.55. The molecule has 0 radical (unpaired) electrons. The summed E-state index contributed by atoms with van der Waals surface area (Å²) in [6.45, 7) is 2.91. The molecule has 0 unspecified atom stereocenters. The van der Waals surface area contributed by atoms with Gasteiger partial charge in [-0.05, 0) is 35.3 Å². The van der Waals surface area contributed by atoms with E-state index in [1.165, 1.54) is 25.6 Å². The minimum absolute atomic E-state index is 0.0898. The lowest BCUT2D eigenvalue weighted by atomic mass is 10.2. The lowest BCUT2D eigenvalue weighted by Gasteiger charge is -2.05. The summed E-state index contributed by atoms with van der Waals surface area (Å²) in [4.78, 5) is 23.2. The van der Waals surface area contributed by atoms with Gasteiger partial charge in [0.15, 0.2) is 11.6 Å². The molecule has 0 saturated carbocycles. The Morgan fingerprint density at radius 1 is 1.12 bits per heavy atom. The summed E-state index contributed by atoms with van der Waals surface area (Å²) < 4.78 is 0.367. The van der Waals surface area contributed by atoms with Crippen molar-refractivity contribution in [3.8, 4) is 0 Å². The average molecular weight is 313 g/mol. The highest BCUT2D eigenvalue weighted by Gasteiger charge is 2.13. The van der Waals surface area contributed by atoms with Crippen LogP contribution in [0.15, 0.2) is 39.7 Å². The van der Waals surface area contributed by atoms with Crippen LogP contribution in [0, 0.1) is 0 Å². The summed E-state index contributed by atoms with van der Waals surface area (Å²) in [5.41, 5.74) is 1.13. The molecule has 4 heteroatoms. The van der Waals surface area contributed by atoms with Gasteiger partial charge in [-0.3, -0.25) is 9.59 Å². The number of thioether (sulfide) groups is 1. The van der Waals surface area contributed by atoms with Crippen molar-refractivity contribution in [3.05, 3.63) is 45.3 Å². The third kappa shape index (κ3) is 4.48. The number of benzene rings is 1. The van der Waals surface area contributed by atoms with Gasteiger partial charge in [0.05, 0.1) is 9.39 Å². The number of carbonyl (C=O) groups is 2. The Balaban J connectivity index is 2.80. The zero-order valence-corrected chi connectivity index (χ0v) is 12.1. The zero-order chi connectivity index (χ0) is 12.8. The van der Waals surface area contributed by atoms with E-state index in [4.69, 9.17) is 0 Å². The molecular weight excluding hydrogens is 300 g/mol. The van der Waals surface area contributed by atoms with Gasteiger partial charge in [-0.2, -0.15) is 0 Å². The fourth-order valence-corrected chi connectivity index (χ4v) is 2.81. The van der Waals surface area contributed by atoms with Gasteiger partial charge in [0.2, 0.25) is 0 Å². The number of ketones is 2. The molecule has 0 saturated heterocycles. The molecule has 0 fully saturated rings. The summed E-state index contributed by atoms with van der Waals surface area (Å²) in [7, 11) is 0. The first kappa shape index (κ1) is 14.2. The third-order valence-corrected chi connectivity index (χ3v) is 4.53. The van der Waals surface area contributed by atoms with E-state index in [0.717, 1.165) is 5.56 Å². The largest absolute Gasteiger partial charge is 0.294 e. The lowest BCUT2D eigenvalue weighted by molar-refractivity contribution is -0.115. The highest BCUT2D eigenvalue weighted by molar-refractivity contribution is 9.12. The Kier molecular flexibility index (Phi) is 5.65. The number of allylic oxidation sites excluding steroid dienone is 2. The molecule has 1 aromatic rings. The molecule has 0 aliphatic rings. The molecule has 0 spiro atoms. The maximum Gasteiger partial charge on any atom is 0.168 e. The highest BCUT2D eigenvalue weighted by Crippen LogP contribution is 2.28. The van der Waals surface area contributed by atoms with Crippen LogP contribution in [-0.4, -0.2) is 11.6 Å². The minimum atomic E-state index is -0.129. The zero-order valence-electron chi connectivity index (χ0n) is 9.70. The standard InChI is InChI=1S/C13H13BrO2S/c1-9(15)12(14)13(10(2)16)17-8-11-6-4-3-5-7-11/h3-7H,8H2,1-2H3/b13-12-. The number of carbonyl (C=O) groups excluding carboxylic acids is 2. The van der Waals surface area contributed by atoms with Crippen LogP contribution in [0.1, 0.15) is 19.4 Å². The Bertz CT molecular complexity index is 452. The number of hydrogen-bond donors (Lipinski definition) is 0. The van der Waals surface area contributed by atoms with Crippen molar-refractivity contribution in [2.45, 2.75) is 19.6 Å². The SMILES string of the molecule is CC(=O)/C(Br)=C(/SCc1ccccc1)C(C)=O. The van der Waals surface area contributed by atoms with Gasteiger partial charge < -0.3 is 0 Å². The predicted molar refractivity (Wildman–Crippen MR) is 75.1 cm³/mol. The fourth-order valence-electron chi connectivity index (χ4n) is 1.21. The van der Waals surface area contributed by atoms with Gasteiger partial charge in [-0.25, -0.2) is 0 Å². The van der Waals surface area contributed by atoms with Crippen LogP contribution in [0.2, 0.25) is 0 Å². The van der Waals surface area contributed by atoms with Gasteiger partial charge in [0.1, 0.15) is 0 Å². The minimum Gasteiger partial charge on any atom is -0.294 e. The first-order valence-electron chi connectivity index (χ1n) is 5.10. The maximum absolute atomic E-state index is 11.5. The van der Waals surface area contributed by atoms with Crippen LogP contribution in [0.3, 0.4) is 0 Å². The summed E-state index contributed by atoms with van der Waals surface area (Å²) in [5.74, 6) is 0.460. The maximum atomic E-state index is 11.5. The molecule has 1 rings (SSSR count). The Labute approximate surface area is 114 Å². The van der Waals surface area contributed by atoms with E-state index in [-0.39, 0.29) is 11.6 Å². The summed E-state index contributed by atoms with van der Waals surface area (Å²) in [5, 5.41) is 0. The summed E-state index contributed by atoms with van der Waals surface area (Å²) in [6, 6.07) is 9.83. The second kappa shape index (κ2) is 6.77. The Morgan fingerprint density at radius 3 is 2.18 bits per heavy atom. The van der Waals surface area contributed by atoms with Crippen molar-refractivity contribution in [2.75, 3.05) is 0 Å². The number of Topliss-reactive ketones (excluding diaryl/α,β-unsaturated/α-hetero) is 2. The molecule has 0 amide bonds. The molecule has 0 aliphatic heterocycles. The van der Waals surface area contributed by atoms with Crippen LogP contribution in [-0.2, 0) is 15.3 Å². The first-order chi connectivity index (χ1) is 8.02. The molecule has 0 atom stereocenters. The molecule has 90 valence electrons. The van der Waals surface area contributed by atoms with Crippen molar-refractivity contribution < 1.29 is 9.59 Å². The molecule has 0 bridgehead atoms. The molecule has 0 heterocycles. The quantitative estimate of drug-likeness (QED) is 0.777. The van der Waals surface area contributed by atoms with Gasteiger partial charge >= 0.3 is 0 Å². The third-order valence-electron chi connectivity index (χ3n) is 2.05. The predicted octanol–water partition coefficient (Wildman–Crippen LogP) is 3.70. The smallest absolute Gasteiger partial charge is 0.168 e. The second-order valence-electron chi connectivity index (χ2n) is 3.53. The van der Waals surface area contributed by atoms with E-state index in [9.17, 15) is 9.59 Å². The Morgan fingerprint density at radius 2 is 1.71 bits per heavy atom. The van der Waals surface area contributed by atoms with Crippen molar-refractivity contribution in [1.82, 2.24) is 0 Å². The van der Waals surface area contributed by atoms with Gasteiger partial charge in [-0.1, -0.05) is 30.3 Å². The Hall–Kier alpha value is -0.870. The van der Waals surface area contributed by atoms with Gasteiger partial charge in [-0.15, -0.1) is 11.8 Å². The van der Waals surface area contributed by atoms with Crippen LogP contribution in [0.5, 0.6) is 0 Å². The van der Waals surface area contributed by atoms with Crippen LogP contribution >= 0.6 is 27.7 Å². The van der Waals surface area contributed by atoms with Gasteiger partial charge in [0, 0.05) is 5.75 Å². The number of rotatable bonds is 5. The highest BCUT2D eigenvalue weighted by atomic mass is 79.9. The first-order valence-corrected chi connectivity index (χ1v) is 6.88. The molecule has 17 heavy (non-hydrogen) atoms.